The molecule has 3 aromatic carbocycles. The van der Waals surface area contributed by atoms with Gasteiger partial charge in [-0.3, -0.25) is 14.6 Å². The van der Waals surface area contributed by atoms with E-state index in [4.69, 9.17) is 16.0 Å². The highest BCUT2D eigenvalue weighted by molar-refractivity contribution is 6.35. The number of H-pyrrole nitrogens is 1. The van der Waals surface area contributed by atoms with Gasteiger partial charge in [-0.25, -0.2) is 13.6 Å². The average Bonchev–Trinajstić information content (AvgIpc) is 3.18. The molecule has 0 aliphatic heterocycles. The van der Waals surface area contributed by atoms with Gasteiger partial charge in [0.1, 0.15) is 23.2 Å². The molecule has 7 nitrogen and oxygen atoms in total. The van der Waals surface area contributed by atoms with E-state index in [0.29, 0.717) is 12.1 Å². The van der Waals surface area contributed by atoms with Crippen molar-refractivity contribution >= 4 is 40.1 Å². The minimum Gasteiger partial charge on any atom is -0.408 e. The number of nitrogens with zero attached hydrogens (tertiary/aromatic N) is 1. The van der Waals surface area contributed by atoms with Gasteiger partial charge in [0, 0.05) is 17.2 Å². The molecule has 36 heavy (non-hydrogen) atoms. The lowest BCUT2D eigenvalue weighted by Gasteiger charge is -2.14. The maximum Gasteiger partial charge on any atom is 0.417 e. The Labute approximate surface area is 201 Å². The van der Waals surface area contributed by atoms with Crippen LogP contribution in [-0.2, 0) is 6.18 Å². The Balaban J connectivity index is 1.91. The molecule has 182 valence electrons. The molecule has 13 heteroatoms. The third kappa shape index (κ3) is 4.56. The fourth-order valence-electron chi connectivity index (χ4n) is 3.42. The second kappa shape index (κ2) is 8.94. The molecule has 0 bridgehead atoms. The number of carbonyl (C=O) groups is 2. The Hall–Kier alpha value is -4.50. The Morgan fingerprint density at radius 2 is 1.78 bits per heavy atom. The zero-order valence-electron chi connectivity index (χ0n) is 17.4. The highest BCUT2D eigenvalue weighted by Crippen LogP contribution is 2.33. The summed E-state index contributed by atoms with van der Waals surface area (Å²) in [6.07, 6.45) is -4.96. The second-order valence-electron chi connectivity index (χ2n) is 7.31. The van der Waals surface area contributed by atoms with Crippen molar-refractivity contribution in [1.82, 2.24) is 4.98 Å². The Kier molecular flexibility index (Phi) is 6.11. The van der Waals surface area contributed by atoms with Crippen LogP contribution < -0.4 is 11.1 Å². The van der Waals surface area contributed by atoms with Gasteiger partial charge >= 0.3 is 11.9 Å². The molecule has 1 amide bonds. The average molecular weight is 522 g/mol. The van der Waals surface area contributed by atoms with Crippen LogP contribution in [0.2, 0.25) is 5.02 Å². The number of ketones is 1. The van der Waals surface area contributed by atoms with E-state index in [1.165, 1.54) is 0 Å². The van der Waals surface area contributed by atoms with E-state index in [2.05, 4.69) is 10.3 Å². The molecule has 0 spiro atoms. The first-order chi connectivity index (χ1) is 16.9. The summed E-state index contributed by atoms with van der Waals surface area (Å²) < 4.78 is 71.8. The van der Waals surface area contributed by atoms with Gasteiger partial charge < -0.3 is 9.73 Å². The highest BCUT2D eigenvalue weighted by atomic mass is 35.5. The van der Waals surface area contributed by atoms with Crippen LogP contribution in [0.15, 0.2) is 51.7 Å². The number of oxazole rings is 1. The predicted octanol–water partition coefficient (Wildman–Crippen LogP) is 5.43. The zero-order valence-corrected chi connectivity index (χ0v) is 18.1. The first kappa shape index (κ1) is 24.6. The number of carbonyl (C=O) groups excluding carboxylic acids is 2. The molecule has 1 heterocycles. The maximum atomic E-state index is 13.8. The molecular weight excluding hydrogens is 513 g/mol. The Morgan fingerprint density at radius 1 is 1.06 bits per heavy atom. The first-order valence-electron chi connectivity index (χ1n) is 9.68. The number of hydrogen-bond acceptors (Lipinski definition) is 5. The summed E-state index contributed by atoms with van der Waals surface area (Å²) in [5, 5.41) is 11.6. The molecule has 4 rings (SSSR count). The lowest BCUT2D eigenvalue weighted by Crippen LogP contribution is -2.18. The Morgan fingerprint density at radius 3 is 2.44 bits per heavy atom. The van der Waals surface area contributed by atoms with Crippen LogP contribution in [0.25, 0.3) is 11.1 Å². The molecule has 0 fully saturated rings. The third-order valence-electron chi connectivity index (χ3n) is 4.97. The van der Waals surface area contributed by atoms with Gasteiger partial charge in [0.25, 0.3) is 5.91 Å². The number of rotatable bonds is 4. The van der Waals surface area contributed by atoms with Crippen LogP contribution in [0.5, 0.6) is 0 Å². The summed E-state index contributed by atoms with van der Waals surface area (Å²) in [4.78, 5) is 40.0. The number of fused-ring (bicyclic) bond motifs is 1. The van der Waals surface area contributed by atoms with Crippen LogP contribution in [0.1, 0.15) is 37.4 Å². The molecule has 0 aliphatic carbocycles. The fraction of sp³-hybridized carbons (Fsp3) is 0.0435. The van der Waals surface area contributed by atoms with Gasteiger partial charge in [0.2, 0.25) is 0 Å². The first-order valence-corrected chi connectivity index (χ1v) is 10.1. The predicted molar refractivity (Wildman–Crippen MR) is 116 cm³/mol. The van der Waals surface area contributed by atoms with Crippen molar-refractivity contribution in [2.24, 2.45) is 0 Å². The Bertz CT molecular complexity index is 1670. The molecule has 0 atom stereocenters. The number of aromatic amines is 1. The van der Waals surface area contributed by atoms with E-state index in [0.717, 1.165) is 24.3 Å². The molecule has 0 saturated carbocycles. The number of benzene rings is 3. The van der Waals surface area contributed by atoms with Gasteiger partial charge in [0.15, 0.2) is 11.4 Å². The summed E-state index contributed by atoms with van der Waals surface area (Å²) in [6, 6.07) is 6.52. The molecule has 2 N–H and O–H groups in total. The number of halogens is 6. The lowest BCUT2D eigenvalue weighted by atomic mass is 9.95. The van der Waals surface area contributed by atoms with Crippen molar-refractivity contribution in [2.75, 3.05) is 5.32 Å². The third-order valence-corrected chi connectivity index (χ3v) is 5.30. The van der Waals surface area contributed by atoms with Gasteiger partial charge in [-0.05, 0) is 36.4 Å². The molecular formula is C23H9ClF5N3O4. The monoisotopic (exact) mass is 521 g/mol. The number of aromatic nitrogens is 1. The van der Waals surface area contributed by atoms with Crippen LogP contribution in [0, 0.1) is 23.0 Å². The minimum atomic E-state index is -4.96. The number of nitrogens with one attached hydrogen (secondary N) is 2. The van der Waals surface area contributed by atoms with E-state index in [1.807, 2.05) is 0 Å². The van der Waals surface area contributed by atoms with Crippen molar-refractivity contribution in [2.45, 2.75) is 6.18 Å². The number of nitriles is 1. The van der Waals surface area contributed by atoms with E-state index < -0.39 is 68.8 Å². The van der Waals surface area contributed by atoms with Crippen molar-refractivity contribution in [3.63, 3.8) is 0 Å². The van der Waals surface area contributed by atoms with E-state index in [-0.39, 0.29) is 22.2 Å². The summed E-state index contributed by atoms with van der Waals surface area (Å²) in [7, 11) is 0. The standard InChI is InChI=1S/C23H9ClF5N3O4/c24-15-2-1-11(25)6-13(15)20(33)18-14(8-30)19-17(36-22(35)32-19)7-16(18)31-21(34)9-3-10(23(27,28)29)5-12(26)4-9/h1-7H,(H,31,34)(H,32,35). The summed E-state index contributed by atoms with van der Waals surface area (Å²) in [5.41, 5.74) is -4.72. The van der Waals surface area contributed by atoms with E-state index >= 15 is 0 Å². The van der Waals surface area contributed by atoms with Gasteiger partial charge in [-0.2, -0.15) is 18.4 Å². The molecule has 4 aromatic rings. The second-order valence-corrected chi connectivity index (χ2v) is 7.71. The number of hydrogen-bond donors (Lipinski definition) is 2. The minimum absolute atomic E-state index is 0.186. The van der Waals surface area contributed by atoms with E-state index in [1.54, 1.807) is 6.07 Å². The van der Waals surface area contributed by atoms with Crippen LogP contribution in [0.4, 0.5) is 27.6 Å². The van der Waals surface area contributed by atoms with Crippen LogP contribution >= 0.6 is 11.6 Å². The van der Waals surface area contributed by atoms with Crippen molar-refractivity contribution in [3.8, 4) is 6.07 Å². The zero-order chi connectivity index (χ0) is 26.4. The number of alkyl halides is 3. The topological polar surface area (TPSA) is 116 Å². The lowest BCUT2D eigenvalue weighted by molar-refractivity contribution is -0.137. The highest BCUT2D eigenvalue weighted by Gasteiger charge is 2.32. The SMILES string of the molecule is N#Cc1c(C(=O)c2cc(F)ccc2Cl)c(NC(=O)c2cc(F)cc(C(F)(F)F)c2)cc2oc(=O)[nH]c12. The van der Waals surface area contributed by atoms with Crippen molar-refractivity contribution < 1.29 is 36.0 Å². The quantitative estimate of drug-likeness (QED) is 0.274. The maximum absolute atomic E-state index is 13.8. The summed E-state index contributed by atoms with van der Waals surface area (Å²) in [5.74, 6) is -5.59. The van der Waals surface area contributed by atoms with Gasteiger partial charge in [0.05, 0.1) is 27.4 Å². The van der Waals surface area contributed by atoms with Crippen molar-refractivity contribution in [3.05, 3.63) is 97.5 Å². The largest absolute Gasteiger partial charge is 0.417 e. The molecule has 0 radical (unpaired) electrons. The summed E-state index contributed by atoms with van der Waals surface area (Å²) in [6.45, 7) is 0. The normalized spacial score (nSPS) is 11.4. The van der Waals surface area contributed by atoms with Crippen molar-refractivity contribution in [1.29, 1.82) is 5.26 Å². The smallest absolute Gasteiger partial charge is 0.408 e. The van der Waals surface area contributed by atoms with Crippen LogP contribution in [0.3, 0.4) is 0 Å². The van der Waals surface area contributed by atoms with Crippen LogP contribution in [-0.4, -0.2) is 16.7 Å². The van der Waals surface area contributed by atoms with E-state index in [9.17, 15) is 41.6 Å². The number of anilines is 1. The number of amides is 1. The molecule has 0 saturated heterocycles. The molecule has 1 aromatic heterocycles. The summed E-state index contributed by atoms with van der Waals surface area (Å²) >= 11 is 6.01. The molecule has 0 aliphatic rings. The van der Waals surface area contributed by atoms with Gasteiger partial charge in [-0.1, -0.05) is 11.6 Å². The van der Waals surface area contributed by atoms with Gasteiger partial charge in [-0.15, -0.1) is 0 Å². The fourth-order valence-corrected chi connectivity index (χ4v) is 3.62. The molecule has 0 unspecified atom stereocenters.